The molecule has 49 heavy (non-hydrogen) atoms. The quantitative estimate of drug-likeness (QED) is 0.0985. The minimum absolute atomic E-state index is 0.0174. The van der Waals surface area contributed by atoms with E-state index in [9.17, 15) is 23.2 Å². The molecule has 4 aromatic carbocycles. The van der Waals surface area contributed by atoms with Gasteiger partial charge in [-0.2, -0.15) is 0 Å². The first-order chi connectivity index (χ1) is 23.7. The molecule has 1 N–H and O–H groups in total. The van der Waals surface area contributed by atoms with Gasteiger partial charge in [0.2, 0.25) is 5.91 Å². The van der Waals surface area contributed by atoms with Crippen molar-refractivity contribution in [3.8, 4) is 0 Å². The van der Waals surface area contributed by atoms with Crippen LogP contribution in [0, 0.1) is 17.6 Å². The summed E-state index contributed by atoms with van der Waals surface area (Å²) in [5, 5.41) is 3.44. The molecule has 1 fully saturated rings. The van der Waals surface area contributed by atoms with Crippen molar-refractivity contribution >= 4 is 34.6 Å². The minimum atomic E-state index is -0.855. The van der Waals surface area contributed by atoms with Crippen molar-refractivity contribution in [2.24, 2.45) is 5.92 Å². The summed E-state index contributed by atoms with van der Waals surface area (Å²) in [5.41, 5.74) is 2.84. The molecule has 2 amide bonds. The van der Waals surface area contributed by atoms with Crippen LogP contribution in [0.25, 0.3) is 0 Å². The highest BCUT2D eigenvalue weighted by atomic mass is 32.2. The topological polar surface area (TPSA) is 84.9 Å². The maximum absolute atomic E-state index is 14.8. The average Bonchev–Trinajstić information content (AvgIpc) is 3.49. The second-order valence-corrected chi connectivity index (χ2v) is 13.2. The molecule has 1 saturated heterocycles. The number of amides is 2. The predicted octanol–water partition coefficient (Wildman–Crippen LogP) is 9.43. The Morgan fingerprint density at radius 2 is 1.53 bits per heavy atom. The van der Waals surface area contributed by atoms with Crippen molar-refractivity contribution in [2.75, 3.05) is 18.5 Å². The standard InChI is InChI=1S/C39H40F2N2O5S/c1-3-4-24-47-36(28-10-14-30(40)15-11-28)23-22-34(38(45)43-35(25-48-39(43)46)27-8-6-5-7-9-27)37(29-12-16-31(41)17-13-29)42-32-18-20-33(21-19-32)49-26(2)44/h5-21,34-37,42H,3-4,22-25H2,1-2H3/t34-,35-,36+,37-/m1/s1. The SMILES string of the molecule is CCCCO[C@@H](CC[C@@H](C(=O)N1C(=O)OC[C@@H]1c1ccccc1)[C@H](Nc1ccc(SC(C)=O)cc1)c1ccc(F)cc1)c1ccc(F)cc1. The maximum Gasteiger partial charge on any atom is 0.417 e. The first-order valence-corrected chi connectivity index (χ1v) is 17.3. The van der Waals surface area contributed by atoms with Crippen LogP contribution < -0.4 is 5.32 Å². The fourth-order valence-electron chi connectivity index (χ4n) is 5.97. The van der Waals surface area contributed by atoms with E-state index in [0.717, 1.165) is 40.6 Å². The van der Waals surface area contributed by atoms with Crippen LogP contribution in [0.4, 0.5) is 19.3 Å². The third-order valence-electron chi connectivity index (χ3n) is 8.48. The van der Waals surface area contributed by atoms with Crippen LogP contribution in [0.3, 0.4) is 0 Å². The van der Waals surface area contributed by atoms with E-state index in [4.69, 9.17) is 9.47 Å². The normalized spacial score (nSPS) is 16.1. The lowest BCUT2D eigenvalue weighted by Gasteiger charge is -2.33. The molecule has 7 nitrogen and oxygen atoms in total. The Hall–Kier alpha value is -4.54. The molecule has 4 aromatic rings. The molecular weight excluding hydrogens is 647 g/mol. The van der Waals surface area contributed by atoms with Crippen molar-refractivity contribution in [1.29, 1.82) is 0 Å². The van der Waals surface area contributed by atoms with E-state index in [-0.39, 0.29) is 24.0 Å². The summed E-state index contributed by atoms with van der Waals surface area (Å²) < 4.78 is 39.8. The Bertz CT molecular complexity index is 1690. The molecule has 256 valence electrons. The number of ether oxygens (including phenoxy) is 2. The number of anilines is 1. The number of nitrogens with one attached hydrogen (secondary N) is 1. The van der Waals surface area contributed by atoms with Crippen molar-refractivity contribution in [3.63, 3.8) is 0 Å². The molecule has 0 unspecified atom stereocenters. The second-order valence-electron chi connectivity index (χ2n) is 12.0. The number of unbranched alkanes of at least 4 members (excludes halogenated alkanes) is 1. The number of carbonyl (C=O) groups is 3. The number of cyclic esters (lactones) is 1. The van der Waals surface area contributed by atoms with Gasteiger partial charge in [0.15, 0.2) is 5.12 Å². The van der Waals surface area contributed by atoms with E-state index in [1.165, 1.54) is 36.1 Å². The summed E-state index contributed by atoms with van der Waals surface area (Å²) in [6, 6.07) is 27.2. The van der Waals surface area contributed by atoms with Crippen LogP contribution in [0.15, 0.2) is 108 Å². The molecule has 0 spiro atoms. The fraction of sp³-hybridized carbons (Fsp3) is 0.308. The van der Waals surface area contributed by atoms with Crippen LogP contribution in [0.2, 0.25) is 0 Å². The Kier molecular flexibility index (Phi) is 12.6. The Morgan fingerprint density at radius 1 is 0.898 bits per heavy atom. The van der Waals surface area contributed by atoms with Gasteiger partial charge in [-0.1, -0.05) is 79.7 Å². The van der Waals surface area contributed by atoms with Gasteiger partial charge in [0.25, 0.3) is 0 Å². The van der Waals surface area contributed by atoms with Gasteiger partial charge in [0, 0.05) is 24.1 Å². The lowest BCUT2D eigenvalue weighted by Crippen LogP contribution is -2.42. The summed E-state index contributed by atoms with van der Waals surface area (Å²) in [4.78, 5) is 41.7. The number of nitrogens with zero attached hydrogens (tertiary/aromatic N) is 1. The van der Waals surface area contributed by atoms with E-state index in [0.29, 0.717) is 24.3 Å². The van der Waals surface area contributed by atoms with Gasteiger partial charge in [-0.15, -0.1) is 0 Å². The summed E-state index contributed by atoms with van der Waals surface area (Å²) in [6.45, 7) is 4.06. The number of imide groups is 1. The summed E-state index contributed by atoms with van der Waals surface area (Å²) >= 11 is 1.11. The fourth-order valence-corrected chi connectivity index (χ4v) is 6.58. The maximum atomic E-state index is 14.8. The van der Waals surface area contributed by atoms with Crippen molar-refractivity contribution in [3.05, 3.63) is 131 Å². The highest BCUT2D eigenvalue weighted by Gasteiger charge is 2.44. The first kappa shape index (κ1) is 35.8. The highest BCUT2D eigenvalue weighted by Crippen LogP contribution is 2.38. The third-order valence-corrected chi connectivity index (χ3v) is 9.28. The monoisotopic (exact) mass is 686 g/mol. The highest BCUT2D eigenvalue weighted by molar-refractivity contribution is 8.13. The van der Waals surface area contributed by atoms with Crippen LogP contribution in [-0.2, 0) is 19.1 Å². The molecule has 5 rings (SSSR count). The summed E-state index contributed by atoms with van der Waals surface area (Å²) in [6.07, 6.45) is 1.20. The van der Waals surface area contributed by atoms with Crippen LogP contribution >= 0.6 is 11.8 Å². The van der Waals surface area contributed by atoms with Gasteiger partial charge in [-0.05, 0) is 84.5 Å². The smallest absolute Gasteiger partial charge is 0.417 e. The third kappa shape index (κ3) is 9.55. The molecule has 0 radical (unpaired) electrons. The van der Waals surface area contributed by atoms with Crippen LogP contribution in [0.5, 0.6) is 0 Å². The number of benzene rings is 4. The Labute approximate surface area is 290 Å². The Balaban J connectivity index is 1.54. The number of hydrogen-bond acceptors (Lipinski definition) is 7. The van der Waals surface area contributed by atoms with Gasteiger partial charge >= 0.3 is 6.09 Å². The largest absolute Gasteiger partial charge is 0.446 e. The molecule has 1 heterocycles. The van der Waals surface area contributed by atoms with Gasteiger partial charge in [0.1, 0.15) is 24.3 Å². The Morgan fingerprint density at radius 3 is 2.14 bits per heavy atom. The minimum Gasteiger partial charge on any atom is -0.446 e. The zero-order valence-corrected chi connectivity index (χ0v) is 28.3. The van der Waals surface area contributed by atoms with E-state index < -0.39 is 41.9 Å². The van der Waals surface area contributed by atoms with Crippen molar-refractivity contribution in [1.82, 2.24) is 4.90 Å². The lowest BCUT2D eigenvalue weighted by molar-refractivity contribution is -0.134. The van der Waals surface area contributed by atoms with E-state index in [1.807, 2.05) is 54.6 Å². The van der Waals surface area contributed by atoms with E-state index in [2.05, 4.69) is 12.2 Å². The predicted molar refractivity (Wildman–Crippen MR) is 186 cm³/mol. The lowest BCUT2D eigenvalue weighted by atomic mass is 9.85. The molecule has 0 bridgehead atoms. The molecule has 0 aromatic heterocycles. The second kappa shape index (κ2) is 17.2. The van der Waals surface area contributed by atoms with Crippen LogP contribution in [0.1, 0.15) is 74.4 Å². The number of carbonyl (C=O) groups excluding carboxylic acids is 3. The van der Waals surface area contributed by atoms with Gasteiger partial charge in [-0.25, -0.2) is 18.5 Å². The number of rotatable bonds is 15. The molecule has 1 aliphatic rings. The first-order valence-electron chi connectivity index (χ1n) is 16.5. The number of hydrogen-bond donors (Lipinski definition) is 1. The molecule has 4 atom stereocenters. The van der Waals surface area contributed by atoms with E-state index in [1.54, 1.807) is 24.3 Å². The number of halogens is 2. The molecular formula is C39H40F2N2O5S. The number of thioether (sulfide) groups is 1. The van der Waals surface area contributed by atoms with Gasteiger partial charge in [0.05, 0.1) is 18.1 Å². The molecule has 1 aliphatic heterocycles. The zero-order valence-electron chi connectivity index (χ0n) is 27.5. The van der Waals surface area contributed by atoms with Crippen molar-refractivity contribution < 1.29 is 32.6 Å². The van der Waals surface area contributed by atoms with Crippen LogP contribution in [-0.4, -0.2) is 35.2 Å². The van der Waals surface area contributed by atoms with Gasteiger partial charge < -0.3 is 14.8 Å². The molecule has 0 saturated carbocycles. The van der Waals surface area contributed by atoms with E-state index >= 15 is 0 Å². The van der Waals surface area contributed by atoms with Gasteiger partial charge in [-0.3, -0.25) is 9.59 Å². The average molecular weight is 687 g/mol. The summed E-state index contributed by atoms with van der Waals surface area (Å²) in [7, 11) is 0. The zero-order chi connectivity index (χ0) is 34.8. The molecule has 10 heteroatoms. The van der Waals surface area contributed by atoms with Crippen molar-refractivity contribution in [2.45, 2.75) is 62.6 Å². The molecule has 0 aliphatic carbocycles. The summed E-state index contributed by atoms with van der Waals surface area (Å²) in [5.74, 6) is -2.10.